The standard InChI is InChI=1S/C14H17FN2O2/c1-3-18-13-5-4-10(8-12(13)15)14-11(6-7-16)9(2)17-19-14/h4-5,8H,3,6-7,16H2,1-2H3. The first-order valence-corrected chi connectivity index (χ1v) is 6.25. The molecule has 1 aromatic carbocycles. The van der Waals surface area contributed by atoms with Crippen LogP contribution in [0, 0.1) is 12.7 Å². The second kappa shape index (κ2) is 5.84. The zero-order chi connectivity index (χ0) is 13.8. The van der Waals surface area contributed by atoms with Gasteiger partial charge in [-0.15, -0.1) is 0 Å². The summed E-state index contributed by atoms with van der Waals surface area (Å²) in [5.74, 6) is 0.403. The van der Waals surface area contributed by atoms with Gasteiger partial charge >= 0.3 is 0 Å². The molecule has 2 aromatic rings. The van der Waals surface area contributed by atoms with Gasteiger partial charge in [0.25, 0.3) is 0 Å². The summed E-state index contributed by atoms with van der Waals surface area (Å²) in [6.07, 6.45) is 0.652. The summed E-state index contributed by atoms with van der Waals surface area (Å²) >= 11 is 0. The number of rotatable bonds is 5. The van der Waals surface area contributed by atoms with Crippen LogP contribution in [0.2, 0.25) is 0 Å². The summed E-state index contributed by atoms with van der Waals surface area (Å²) in [7, 11) is 0. The van der Waals surface area contributed by atoms with E-state index in [0.29, 0.717) is 30.9 Å². The van der Waals surface area contributed by atoms with Crippen LogP contribution < -0.4 is 10.5 Å². The van der Waals surface area contributed by atoms with Crippen LogP contribution in [0.15, 0.2) is 22.7 Å². The van der Waals surface area contributed by atoms with Crippen molar-refractivity contribution in [3.05, 3.63) is 35.3 Å². The zero-order valence-corrected chi connectivity index (χ0v) is 11.1. The van der Waals surface area contributed by atoms with Crippen LogP contribution in [0.3, 0.4) is 0 Å². The molecule has 19 heavy (non-hydrogen) atoms. The van der Waals surface area contributed by atoms with E-state index < -0.39 is 5.82 Å². The van der Waals surface area contributed by atoms with Crippen LogP contribution in [0.5, 0.6) is 5.75 Å². The Balaban J connectivity index is 2.39. The normalized spacial score (nSPS) is 10.7. The molecule has 0 atom stereocenters. The van der Waals surface area contributed by atoms with Crippen LogP contribution in [0.25, 0.3) is 11.3 Å². The van der Waals surface area contributed by atoms with Crippen molar-refractivity contribution in [3.63, 3.8) is 0 Å². The lowest BCUT2D eigenvalue weighted by atomic mass is 10.0. The molecule has 0 saturated carbocycles. The third-order valence-electron chi connectivity index (χ3n) is 2.87. The van der Waals surface area contributed by atoms with Crippen molar-refractivity contribution in [2.75, 3.05) is 13.2 Å². The number of aryl methyl sites for hydroxylation is 1. The van der Waals surface area contributed by atoms with Gasteiger partial charge in [-0.1, -0.05) is 5.16 Å². The Labute approximate surface area is 111 Å². The van der Waals surface area contributed by atoms with Crippen LogP contribution in [0.1, 0.15) is 18.2 Å². The molecular weight excluding hydrogens is 247 g/mol. The predicted molar refractivity (Wildman–Crippen MR) is 70.6 cm³/mol. The Morgan fingerprint density at radius 1 is 1.42 bits per heavy atom. The van der Waals surface area contributed by atoms with Gasteiger partial charge in [0.1, 0.15) is 0 Å². The highest BCUT2D eigenvalue weighted by molar-refractivity contribution is 5.63. The summed E-state index contributed by atoms with van der Waals surface area (Å²) in [5.41, 5.74) is 7.92. The molecule has 0 spiro atoms. The number of halogens is 1. The van der Waals surface area contributed by atoms with E-state index in [1.807, 2.05) is 13.8 Å². The van der Waals surface area contributed by atoms with Gasteiger partial charge in [0.2, 0.25) is 0 Å². The van der Waals surface area contributed by atoms with Crippen molar-refractivity contribution in [1.82, 2.24) is 5.16 Å². The van der Waals surface area contributed by atoms with E-state index in [1.54, 1.807) is 12.1 Å². The second-order valence-electron chi connectivity index (χ2n) is 4.19. The summed E-state index contributed by atoms with van der Waals surface area (Å²) in [6.45, 7) is 4.58. The molecule has 0 aliphatic rings. The maximum atomic E-state index is 13.8. The van der Waals surface area contributed by atoms with Gasteiger partial charge in [-0.2, -0.15) is 0 Å². The molecule has 0 fully saturated rings. The smallest absolute Gasteiger partial charge is 0.170 e. The Bertz CT molecular complexity index is 567. The number of nitrogens with two attached hydrogens (primary N) is 1. The molecule has 0 aliphatic carbocycles. The van der Waals surface area contributed by atoms with Gasteiger partial charge in [-0.25, -0.2) is 4.39 Å². The topological polar surface area (TPSA) is 61.3 Å². The fourth-order valence-corrected chi connectivity index (χ4v) is 1.97. The Morgan fingerprint density at radius 2 is 2.21 bits per heavy atom. The van der Waals surface area contributed by atoms with Crippen LogP contribution >= 0.6 is 0 Å². The first-order valence-electron chi connectivity index (χ1n) is 6.25. The number of hydrogen-bond acceptors (Lipinski definition) is 4. The van der Waals surface area contributed by atoms with E-state index in [2.05, 4.69) is 5.16 Å². The van der Waals surface area contributed by atoms with E-state index in [9.17, 15) is 4.39 Å². The molecule has 0 aliphatic heterocycles. The van der Waals surface area contributed by atoms with Gasteiger partial charge in [-0.3, -0.25) is 0 Å². The second-order valence-corrected chi connectivity index (χ2v) is 4.19. The van der Waals surface area contributed by atoms with Crippen LogP contribution in [-0.2, 0) is 6.42 Å². The van der Waals surface area contributed by atoms with E-state index in [0.717, 1.165) is 11.3 Å². The van der Waals surface area contributed by atoms with Crippen molar-refractivity contribution in [2.45, 2.75) is 20.3 Å². The van der Waals surface area contributed by atoms with Crippen LogP contribution in [0.4, 0.5) is 4.39 Å². The third kappa shape index (κ3) is 2.76. The summed E-state index contributed by atoms with van der Waals surface area (Å²) in [6, 6.07) is 4.75. The largest absolute Gasteiger partial charge is 0.491 e. The fourth-order valence-electron chi connectivity index (χ4n) is 1.97. The highest BCUT2D eigenvalue weighted by Gasteiger charge is 2.16. The van der Waals surface area contributed by atoms with Crippen molar-refractivity contribution in [3.8, 4) is 17.1 Å². The first-order chi connectivity index (χ1) is 9.17. The van der Waals surface area contributed by atoms with Crippen molar-refractivity contribution >= 4 is 0 Å². The lowest BCUT2D eigenvalue weighted by Crippen LogP contribution is -2.04. The van der Waals surface area contributed by atoms with E-state index in [4.69, 9.17) is 15.0 Å². The molecule has 0 unspecified atom stereocenters. The van der Waals surface area contributed by atoms with Gasteiger partial charge in [-0.05, 0) is 45.0 Å². The maximum absolute atomic E-state index is 13.8. The molecule has 102 valence electrons. The molecule has 5 heteroatoms. The molecule has 0 saturated heterocycles. The molecule has 0 bridgehead atoms. The molecule has 2 rings (SSSR count). The lowest BCUT2D eigenvalue weighted by molar-refractivity contribution is 0.321. The van der Waals surface area contributed by atoms with Gasteiger partial charge < -0.3 is 15.0 Å². The molecule has 1 heterocycles. The monoisotopic (exact) mass is 264 g/mol. The summed E-state index contributed by atoms with van der Waals surface area (Å²) in [5, 5.41) is 3.92. The van der Waals surface area contributed by atoms with Crippen molar-refractivity contribution < 1.29 is 13.7 Å². The van der Waals surface area contributed by atoms with Crippen molar-refractivity contribution in [2.24, 2.45) is 5.73 Å². The minimum absolute atomic E-state index is 0.239. The summed E-state index contributed by atoms with van der Waals surface area (Å²) < 4.78 is 24.3. The Hall–Kier alpha value is -1.88. The quantitative estimate of drug-likeness (QED) is 0.902. The van der Waals surface area contributed by atoms with Gasteiger partial charge in [0.15, 0.2) is 17.3 Å². The minimum Gasteiger partial charge on any atom is -0.491 e. The number of benzene rings is 1. The van der Waals surface area contributed by atoms with Crippen LogP contribution in [-0.4, -0.2) is 18.3 Å². The molecule has 2 N–H and O–H groups in total. The third-order valence-corrected chi connectivity index (χ3v) is 2.87. The minimum atomic E-state index is -0.410. The molecule has 4 nitrogen and oxygen atoms in total. The first kappa shape index (κ1) is 13.5. The number of aromatic nitrogens is 1. The zero-order valence-electron chi connectivity index (χ0n) is 11.1. The molecule has 1 aromatic heterocycles. The average Bonchev–Trinajstić information content (AvgIpc) is 2.75. The van der Waals surface area contributed by atoms with Gasteiger partial charge in [0.05, 0.1) is 12.3 Å². The van der Waals surface area contributed by atoms with Crippen molar-refractivity contribution in [1.29, 1.82) is 0 Å². The molecule has 0 radical (unpaired) electrons. The number of ether oxygens (including phenoxy) is 1. The highest BCUT2D eigenvalue weighted by Crippen LogP contribution is 2.29. The number of nitrogens with zero attached hydrogens (tertiary/aromatic N) is 1. The van der Waals surface area contributed by atoms with E-state index >= 15 is 0 Å². The van der Waals surface area contributed by atoms with E-state index in [-0.39, 0.29) is 5.75 Å². The fraction of sp³-hybridized carbons (Fsp3) is 0.357. The summed E-state index contributed by atoms with van der Waals surface area (Å²) in [4.78, 5) is 0. The maximum Gasteiger partial charge on any atom is 0.170 e. The SMILES string of the molecule is CCOc1ccc(-c2onc(C)c2CCN)cc1F. The molecular formula is C14H17FN2O2. The average molecular weight is 264 g/mol. The Kier molecular flexibility index (Phi) is 4.16. The number of hydrogen-bond donors (Lipinski definition) is 1. The predicted octanol–water partition coefficient (Wildman–Crippen LogP) is 2.69. The van der Waals surface area contributed by atoms with E-state index in [1.165, 1.54) is 6.07 Å². The highest BCUT2D eigenvalue weighted by atomic mass is 19.1. The Morgan fingerprint density at radius 3 is 2.84 bits per heavy atom. The molecule has 0 amide bonds. The van der Waals surface area contributed by atoms with Gasteiger partial charge in [0, 0.05) is 11.1 Å². The lowest BCUT2D eigenvalue weighted by Gasteiger charge is -2.06.